The molecular weight excluding hydrogens is 188 g/mol. The lowest BCUT2D eigenvalue weighted by molar-refractivity contribution is 0.303. The topological polar surface area (TPSA) is 49.8 Å². The number of aromatic nitrogens is 2. The second-order valence-corrected chi connectivity index (χ2v) is 4.03. The summed E-state index contributed by atoms with van der Waals surface area (Å²) in [6.45, 7) is 1.02. The molecule has 15 heavy (non-hydrogen) atoms. The summed E-state index contributed by atoms with van der Waals surface area (Å²) in [6.07, 6.45) is 7.27. The average Bonchev–Trinajstić information content (AvgIpc) is 2.22. The maximum absolute atomic E-state index is 4.30. The smallest absolute Gasteiger partial charge is 0.224 e. The SMILES string of the molecule is CNc1nccc(NCCC2CCC2)n1. The van der Waals surface area contributed by atoms with Crippen LogP contribution in [-0.2, 0) is 0 Å². The molecule has 1 saturated carbocycles. The predicted octanol–water partition coefficient (Wildman–Crippen LogP) is 2.12. The van der Waals surface area contributed by atoms with Crippen LogP contribution in [0.15, 0.2) is 12.3 Å². The van der Waals surface area contributed by atoms with E-state index in [1.54, 1.807) is 6.20 Å². The molecule has 0 atom stereocenters. The van der Waals surface area contributed by atoms with Crippen LogP contribution in [0.5, 0.6) is 0 Å². The van der Waals surface area contributed by atoms with Gasteiger partial charge in [0.05, 0.1) is 0 Å². The average molecular weight is 206 g/mol. The molecule has 82 valence electrons. The van der Waals surface area contributed by atoms with Crippen LogP contribution in [0.3, 0.4) is 0 Å². The van der Waals surface area contributed by atoms with E-state index >= 15 is 0 Å². The molecule has 1 aliphatic rings. The third-order valence-electron chi connectivity index (χ3n) is 2.96. The molecule has 0 aromatic carbocycles. The molecule has 1 fully saturated rings. The van der Waals surface area contributed by atoms with Crippen molar-refractivity contribution in [1.29, 1.82) is 0 Å². The second-order valence-electron chi connectivity index (χ2n) is 4.03. The molecule has 0 bridgehead atoms. The van der Waals surface area contributed by atoms with Crippen LogP contribution in [0.1, 0.15) is 25.7 Å². The molecule has 1 aromatic heterocycles. The Balaban J connectivity index is 1.76. The first kappa shape index (κ1) is 10.2. The number of hydrogen-bond donors (Lipinski definition) is 2. The first-order valence-electron chi connectivity index (χ1n) is 5.63. The Hall–Kier alpha value is -1.32. The van der Waals surface area contributed by atoms with Crippen molar-refractivity contribution in [2.45, 2.75) is 25.7 Å². The maximum Gasteiger partial charge on any atom is 0.224 e. The molecule has 2 rings (SSSR count). The van der Waals surface area contributed by atoms with E-state index in [0.717, 1.165) is 18.3 Å². The molecule has 0 amide bonds. The van der Waals surface area contributed by atoms with Crippen LogP contribution in [0, 0.1) is 5.92 Å². The first-order chi connectivity index (χ1) is 7.38. The fourth-order valence-electron chi connectivity index (χ4n) is 1.76. The highest BCUT2D eigenvalue weighted by atomic mass is 15.1. The van der Waals surface area contributed by atoms with E-state index in [2.05, 4.69) is 20.6 Å². The van der Waals surface area contributed by atoms with Crippen LogP contribution in [0.2, 0.25) is 0 Å². The third kappa shape index (κ3) is 2.81. The number of anilines is 2. The Morgan fingerprint density at radius 1 is 1.47 bits per heavy atom. The minimum absolute atomic E-state index is 0.670. The molecule has 0 spiro atoms. The molecule has 0 unspecified atom stereocenters. The molecule has 0 saturated heterocycles. The highest BCUT2D eigenvalue weighted by Gasteiger charge is 2.16. The summed E-state index contributed by atoms with van der Waals surface area (Å²) >= 11 is 0. The Bertz CT molecular complexity index is 309. The lowest BCUT2D eigenvalue weighted by atomic mass is 9.83. The van der Waals surface area contributed by atoms with Crippen LogP contribution >= 0.6 is 0 Å². The van der Waals surface area contributed by atoms with Crippen molar-refractivity contribution in [2.24, 2.45) is 5.92 Å². The van der Waals surface area contributed by atoms with E-state index in [9.17, 15) is 0 Å². The number of hydrogen-bond acceptors (Lipinski definition) is 4. The van der Waals surface area contributed by atoms with E-state index in [1.165, 1.54) is 25.7 Å². The van der Waals surface area contributed by atoms with Gasteiger partial charge in [0.2, 0.25) is 5.95 Å². The van der Waals surface area contributed by atoms with Gasteiger partial charge in [-0.3, -0.25) is 0 Å². The highest BCUT2D eigenvalue weighted by molar-refractivity contribution is 5.38. The van der Waals surface area contributed by atoms with E-state index < -0.39 is 0 Å². The predicted molar refractivity (Wildman–Crippen MR) is 62.0 cm³/mol. The van der Waals surface area contributed by atoms with Crippen molar-refractivity contribution in [3.8, 4) is 0 Å². The van der Waals surface area contributed by atoms with Gasteiger partial charge < -0.3 is 10.6 Å². The lowest BCUT2D eigenvalue weighted by Crippen LogP contribution is -2.16. The second kappa shape index (κ2) is 4.96. The Kier molecular flexibility index (Phi) is 3.37. The van der Waals surface area contributed by atoms with Crippen molar-refractivity contribution in [3.05, 3.63) is 12.3 Å². The summed E-state index contributed by atoms with van der Waals surface area (Å²) in [5, 5.41) is 6.25. The lowest BCUT2D eigenvalue weighted by Gasteiger charge is -2.25. The minimum atomic E-state index is 0.670. The normalized spacial score (nSPS) is 15.8. The quantitative estimate of drug-likeness (QED) is 0.774. The van der Waals surface area contributed by atoms with Crippen LogP contribution in [-0.4, -0.2) is 23.6 Å². The fourth-order valence-corrected chi connectivity index (χ4v) is 1.76. The van der Waals surface area contributed by atoms with Gasteiger partial charge in [-0.1, -0.05) is 19.3 Å². The largest absolute Gasteiger partial charge is 0.370 e. The van der Waals surface area contributed by atoms with Crippen molar-refractivity contribution >= 4 is 11.8 Å². The van der Waals surface area contributed by atoms with Gasteiger partial charge in [0.1, 0.15) is 5.82 Å². The van der Waals surface area contributed by atoms with Crippen molar-refractivity contribution < 1.29 is 0 Å². The summed E-state index contributed by atoms with van der Waals surface area (Å²) < 4.78 is 0. The number of rotatable bonds is 5. The molecule has 2 N–H and O–H groups in total. The highest BCUT2D eigenvalue weighted by Crippen LogP contribution is 2.29. The van der Waals surface area contributed by atoms with Gasteiger partial charge in [0, 0.05) is 19.8 Å². The van der Waals surface area contributed by atoms with Gasteiger partial charge in [-0.15, -0.1) is 0 Å². The van der Waals surface area contributed by atoms with E-state index in [0.29, 0.717) is 5.95 Å². The Morgan fingerprint density at radius 3 is 3.00 bits per heavy atom. The molecule has 1 aliphatic carbocycles. The van der Waals surface area contributed by atoms with E-state index in [4.69, 9.17) is 0 Å². The van der Waals surface area contributed by atoms with Crippen molar-refractivity contribution in [2.75, 3.05) is 24.2 Å². The zero-order valence-electron chi connectivity index (χ0n) is 9.16. The van der Waals surface area contributed by atoms with Crippen LogP contribution in [0.4, 0.5) is 11.8 Å². The Labute approximate surface area is 90.5 Å². The van der Waals surface area contributed by atoms with E-state index in [1.807, 2.05) is 13.1 Å². The summed E-state index contributed by atoms with van der Waals surface area (Å²) in [5.41, 5.74) is 0. The third-order valence-corrected chi connectivity index (χ3v) is 2.96. The number of nitrogens with zero attached hydrogens (tertiary/aromatic N) is 2. The zero-order valence-corrected chi connectivity index (χ0v) is 9.16. The van der Waals surface area contributed by atoms with Crippen molar-refractivity contribution in [3.63, 3.8) is 0 Å². The molecule has 4 heteroatoms. The summed E-state index contributed by atoms with van der Waals surface area (Å²) in [4.78, 5) is 8.36. The van der Waals surface area contributed by atoms with Gasteiger partial charge in [-0.05, 0) is 18.4 Å². The van der Waals surface area contributed by atoms with Gasteiger partial charge >= 0.3 is 0 Å². The summed E-state index contributed by atoms with van der Waals surface area (Å²) in [5.74, 6) is 2.53. The summed E-state index contributed by atoms with van der Waals surface area (Å²) in [7, 11) is 1.83. The molecule has 0 radical (unpaired) electrons. The molecule has 1 aromatic rings. The number of nitrogens with one attached hydrogen (secondary N) is 2. The standard InChI is InChI=1S/C11H18N4/c1-12-11-14-8-6-10(15-11)13-7-5-9-3-2-4-9/h6,8-9H,2-5,7H2,1H3,(H2,12,13,14,15). The zero-order chi connectivity index (χ0) is 10.5. The first-order valence-corrected chi connectivity index (χ1v) is 5.63. The molecular formula is C11H18N4. The summed E-state index contributed by atoms with van der Waals surface area (Å²) in [6, 6.07) is 1.90. The van der Waals surface area contributed by atoms with Gasteiger partial charge in [0.15, 0.2) is 0 Å². The van der Waals surface area contributed by atoms with Crippen LogP contribution in [0.25, 0.3) is 0 Å². The van der Waals surface area contributed by atoms with Gasteiger partial charge in [-0.2, -0.15) is 4.98 Å². The fraction of sp³-hybridized carbons (Fsp3) is 0.636. The monoisotopic (exact) mass is 206 g/mol. The molecule has 1 heterocycles. The van der Waals surface area contributed by atoms with Crippen molar-refractivity contribution in [1.82, 2.24) is 9.97 Å². The van der Waals surface area contributed by atoms with Crippen LogP contribution < -0.4 is 10.6 Å². The van der Waals surface area contributed by atoms with Gasteiger partial charge in [0.25, 0.3) is 0 Å². The minimum Gasteiger partial charge on any atom is -0.370 e. The maximum atomic E-state index is 4.30. The van der Waals surface area contributed by atoms with E-state index in [-0.39, 0.29) is 0 Å². The Morgan fingerprint density at radius 2 is 2.33 bits per heavy atom. The molecule has 4 nitrogen and oxygen atoms in total. The van der Waals surface area contributed by atoms with Gasteiger partial charge in [-0.25, -0.2) is 4.98 Å². The molecule has 0 aliphatic heterocycles.